The van der Waals surface area contributed by atoms with Crippen LogP contribution < -0.4 is 11.1 Å². The van der Waals surface area contributed by atoms with E-state index in [-0.39, 0.29) is 11.8 Å². The van der Waals surface area contributed by atoms with Crippen LogP contribution in [0.1, 0.15) is 10.5 Å². The Bertz CT molecular complexity index is 464. The van der Waals surface area contributed by atoms with E-state index in [4.69, 9.17) is 5.73 Å². The quantitative estimate of drug-likeness (QED) is 0.617. The summed E-state index contributed by atoms with van der Waals surface area (Å²) in [5.41, 5.74) is 5.87. The molecular weight excluding hydrogens is 248 g/mol. The maximum atomic E-state index is 12.1. The summed E-state index contributed by atoms with van der Waals surface area (Å²) in [6.07, 6.45) is 0. The van der Waals surface area contributed by atoms with E-state index in [1.807, 2.05) is 4.90 Å². The van der Waals surface area contributed by atoms with E-state index in [0.29, 0.717) is 44.2 Å². The number of anilines is 1. The zero-order valence-electron chi connectivity index (χ0n) is 10.8. The number of aromatic nitrogens is 2. The molecule has 0 radical (unpaired) electrons. The zero-order chi connectivity index (χ0) is 13.8. The van der Waals surface area contributed by atoms with Crippen LogP contribution in [0.25, 0.3) is 0 Å². The van der Waals surface area contributed by atoms with Crippen molar-refractivity contribution in [2.75, 3.05) is 45.5 Å². The van der Waals surface area contributed by atoms with Crippen molar-refractivity contribution in [3.05, 3.63) is 11.8 Å². The van der Waals surface area contributed by atoms with Crippen molar-refractivity contribution in [3.63, 3.8) is 0 Å². The standard InChI is InChI=1S/C11H18N6O2/c1-13-10(18)7-16-2-4-17(5-3-16)11(19)8-6-9(12)15-14-8/h6H,2-5,7H2,1H3,(H,13,18)(H3,12,14,15). The summed E-state index contributed by atoms with van der Waals surface area (Å²) in [6, 6.07) is 1.53. The number of nitrogen functional groups attached to an aromatic ring is 1. The number of piperazine rings is 1. The molecule has 2 heterocycles. The van der Waals surface area contributed by atoms with Crippen LogP contribution in [0.2, 0.25) is 0 Å². The molecule has 1 aromatic rings. The van der Waals surface area contributed by atoms with Crippen molar-refractivity contribution < 1.29 is 9.59 Å². The van der Waals surface area contributed by atoms with Crippen LogP contribution in [0, 0.1) is 0 Å². The Hall–Kier alpha value is -2.09. The zero-order valence-corrected chi connectivity index (χ0v) is 10.8. The summed E-state index contributed by atoms with van der Waals surface area (Å²) in [5, 5.41) is 8.94. The summed E-state index contributed by atoms with van der Waals surface area (Å²) in [7, 11) is 1.62. The van der Waals surface area contributed by atoms with Crippen molar-refractivity contribution in [2.24, 2.45) is 0 Å². The summed E-state index contributed by atoms with van der Waals surface area (Å²) < 4.78 is 0. The maximum Gasteiger partial charge on any atom is 0.272 e. The van der Waals surface area contributed by atoms with E-state index in [2.05, 4.69) is 15.5 Å². The van der Waals surface area contributed by atoms with E-state index in [0.717, 1.165) is 0 Å². The van der Waals surface area contributed by atoms with Crippen molar-refractivity contribution in [3.8, 4) is 0 Å². The first-order valence-corrected chi connectivity index (χ1v) is 6.13. The number of hydrogen-bond acceptors (Lipinski definition) is 5. The van der Waals surface area contributed by atoms with Crippen molar-refractivity contribution in [1.29, 1.82) is 0 Å². The molecule has 104 valence electrons. The molecular formula is C11H18N6O2. The second kappa shape index (κ2) is 5.70. The van der Waals surface area contributed by atoms with Gasteiger partial charge in [-0.2, -0.15) is 5.10 Å². The normalized spacial score (nSPS) is 16.4. The van der Waals surface area contributed by atoms with Gasteiger partial charge in [0, 0.05) is 39.3 Å². The number of carbonyl (C=O) groups excluding carboxylic acids is 2. The van der Waals surface area contributed by atoms with Gasteiger partial charge in [0.2, 0.25) is 5.91 Å². The number of nitrogens with two attached hydrogens (primary N) is 1. The fourth-order valence-corrected chi connectivity index (χ4v) is 2.01. The Labute approximate surface area is 110 Å². The molecule has 1 aliphatic rings. The minimum atomic E-state index is -0.108. The predicted molar refractivity (Wildman–Crippen MR) is 69.4 cm³/mol. The first-order chi connectivity index (χ1) is 9.10. The number of rotatable bonds is 3. The fourth-order valence-electron chi connectivity index (χ4n) is 2.01. The van der Waals surface area contributed by atoms with Crippen LogP contribution >= 0.6 is 0 Å². The topological polar surface area (TPSA) is 107 Å². The Morgan fingerprint density at radius 3 is 2.63 bits per heavy atom. The van der Waals surface area contributed by atoms with Gasteiger partial charge in [-0.1, -0.05) is 0 Å². The lowest BCUT2D eigenvalue weighted by Gasteiger charge is -2.33. The summed E-state index contributed by atoms with van der Waals surface area (Å²) in [4.78, 5) is 27.1. The molecule has 2 amide bonds. The average molecular weight is 266 g/mol. The number of carbonyl (C=O) groups is 2. The number of amides is 2. The number of nitrogens with zero attached hydrogens (tertiary/aromatic N) is 3. The molecule has 1 fully saturated rings. The second-order valence-electron chi connectivity index (χ2n) is 4.45. The summed E-state index contributed by atoms with van der Waals surface area (Å²) in [5.74, 6) is 0.187. The highest BCUT2D eigenvalue weighted by Gasteiger charge is 2.23. The average Bonchev–Trinajstić information content (AvgIpc) is 2.85. The molecule has 0 atom stereocenters. The first kappa shape index (κ1) is 13.3. The molecule has 4 N–H and O–H groups in total. The third kappa shape index (κ3) is 3.22. The number of hydrogen-bond donors (Lipinski definition) is 3. The summed E-state index contributed by atoms with van der Waals surface area (Å²) in [6.45, 7) is 2.92. The Morgan fingerprint density at radius 2 is 2.11 bits per heavy atom. The lowest BCUT2D eigenvalue weighted by atomic mass is 10.2. The van der Waals surface area contributed by atoms with Gasteiger partial charge in [0.1, 0.15) is 11.5 Å². The van der Waals surface area contributed by atoms with Gasteiger partial charge in [0.05, 0.1) is 6.54 Å². The molecule has 0 aliphatic carbocycles. The highest BCUT2D eigenvalue weighted by Crippen LogP contribution is 2.08. The van der Waals surface area contributed by atoms with Gasteiger partial charge in [-0.05, 0) is 0 Å². The molecule has 0 aromatic carbocycles. The molecule has 1 saturated heterocycles. The summed E-state index contributed by atoms with van der Waals surface area (Å²) >= 11 is 0. The van der Waals surface area contributed by atoms with Gasteiger partial charge < -0.3 is 16.0 Å². The van der Waals surface area contributed by atoms with E-state index >= 15 is 0 Å². The molecule has 8 heteroatoms. The Balaban J connectivity index is 1.86. The predicted octanol–water partition coefficient (Wildman–Crippen LogP) is -1.50. The minimum Gasteiger partial charge on any atom is -0.382 e. The SMILES string of the molecule is CNC(=O)CN1CCN(C(=O)c2cc(N)n[nH]2)CC1. The van der Waals surface area contributed by atoms with Gasteiger partial charge in [-0.3, -0.25) is 19.6 Å². The van der Waals surface area contributed by atoms with Gasteiger partial charge in [-0.15, -0.1) is 0 Å². The van der Waals surface area contributed by atoms with E-state index in [1.165, 1.54) is 6.07 Å². The van der Waals surface area contributed by atoms with Gasteiger partial charge in [-0.25, -0.2) is 0 Å². The third-order valence-corrected chi connectivity index (χ3v) is 3.13. The van der Waals surface area contributed by atoms with Gasteiger partial charge >= 0.3 is 0 Å². The molecule has 0 saturated carbocycles. The van der Waals surface area contributed by atoms with Crippen molar-refractivity contribution in [1.82, 2.24) is 25.3 Å². The Morgan fingerprint density at radius 1 is 1.42 bits per heavy atom. The van der Waals surface area contributed by atoms with E-state index in [1.54, 1.807) is 11.9 Å². The fraction of sp³-hybridized carbons (Fsp3) is 0.545. The highest BCUT2D eigenvalue weighted by atomic mass is 16.2. The second-order valence-corrected chi connectivity index (χ2v) is 4.45. The highest BCUT2D eigenvalue weighted by molar-refractivity contribution is 5.93. The molecule has 2 rings (SSSR count). The van der Waals surface area contributed by atoms with E-state index < -0.39 is 0 Å². The number of H-pyrrole nitrogens is 1. The molecule has 0 spiro atoms. The molecule has 0 bridgehead atoms. The van der Waals surface area contributed by atoms with Crippen LogP contribution in [0.3, 0.4) is 0 Å². The van der Waals surface area contributed by atoms with Gasteiger partial charge in [0.25, 0.3) is 5.91 Å². The first-order valence-electron chi connectivity index (χ1n) is 6.13. The van der Waals surface area contributed by atoms with Crippen LogP contribution in [0.5, 0.6) is 0 Å². The van der Waals surface area contributed by atoms with Crippen LogP contribution in [0.4, 0.5) is 5.82 Å². The number of nitrogens with one attached hydrogen (secondary N) is 2. The molecule has 1 aliphatic heterocycles. The molecule has 0 unspecified atom stereocenters. The lowest BCUT2D eigenvalue weighted by Crippen LogP contribution is -2.50. The minimum absolute atomic E-state index is 0.0129. The molecule has 8 nitrogen and oxygen atoms in total. The van der Waals surface area contributed by atoms with Crippen molar-refractivity contribution in [2.45, 2.75) is 0 Å². The smallest absolute Gasteiger partial charge is 0.272 e. The van der Waals surface area contributed by atoms with Crippen molar-refractivity contribution >= 4 is 17.6 Å². The number of likely N-dealkylation sites (N-methyl/N-ethyl adjacent to an activating group) is 1. The lowest BCUT2D eigenvalue weighted by molar-refractivity contribution is -0.122. The van der Waals surface area contributed by atoms with Crippen LogP contribution in [-0.2, 0) is 4.79 Å². The Kier molecular flexibility index (Phi) is 4.00. The number of aromatic amines is 1. The van der Waals surface area contributed by atoms with Crippen LogP contribution in [0.15, 0.2) is 6.07 Å². The maximum absolute atomic E-state index is 12.1. The van der Waals surface area contributed by atoms with E-state index in [9.17, 15) is 9.59 Å². The third-order valence-electron chi connectivity index (χ3n) is 3.13. The van der Waals surface area contributed by atoms with Crippen LogP contribution in [-0.4, -0.2) is 71.6 Å². The largest absolute Gasteiger partial charge is 0.382 e. The van der Waals surface area contributed by atoms with Gasteiger partial charge in [0.15, 0.2) is 0 Å². The monoisotopic (exact) mass is 266 g/mol. The molecule has 19 heavy (non-hydrogen) atoms. The molecule has 1 aromatic heterocycles.